The number of nitrogens with one attached hydrogen (secondary N) is 1. The lowest BCUT2D eigenvalue weighted by molar-refractivity contribution is -0.121. The van der Waals surface area contributed by atoms with E-state index in [1.54, 1.807) is 78.1 Å². The Balaban J connectivity index is 0.750. The molecule has 66 heavy (non-hydrogen) atoms. The molecular formula is C50H51ClN6O7S2. The predicted molar refractivity (Wildman–Crippen MR) is 261 cm³/mol. The third kappa shape index (κ3) is 10.5. The number of carbonyl (C=O) groups excluding carboxylic acids is 2. The van der Waals surface area contributed by atoms with E-state index in [2.05, 4.69) is 41.2 Å². The summed E-state index contributed by atoms with van der Waals surface area (Å²) in [7, 11) is 0. The first-order chi connectivity index (χ1) is 32.0. The molecule has 0 saturated carbocycles. The third-order valence-electron chi connectivity index (χ3n) is 11.5. The molecule has 3 aromatic heterocycles. The lowest BCUT2D eigenvalue weighted by Crippen LogP contribution is -2.32. The van der Waals surface area contributed by atoms with Gasteiger partial charge in [-0.15, -0.1) is 32.9 Å². The van der Waals surface area contributed by atoms with Gasteiger partial charge in [0.05, 0.1) is 38.6 Å². The highest BCUT2D eigenvalue weighted by atomic mass is 35.5. The average molecular weight is 948 g/mol. The molecule has 13 nitrogen and oxygen atoms in total. The summed E-state index contributed by atoms with van der Waals surface area (Å²) >= 11 is 9.34. The van der Waals surface area contributed by atoms with Crippen LogP contribution < -0.4 is 10.1 Å². The van der Waals surface area contributed by atoms with E-state index in [1.807, 2.05) is 35.8 Å². The van der Waals surface area contributed by atoms with Gasteiger partial charge in [-0.3, -0.25) is 24.0 Å². The first kappa shape index (κ1) is 46.6. The van der Waals surface area contributed by atoms with Crippen molar-refractivity contribution in [2.75, 3.05) is 59.2 Å². The molecule has 1 aliphatic rings. The minimum absolute atomic E-state index is 0.101. The molecule has 0 spiro atoms. The van der Waals surface area contributed by atoms with Crippen molar-refractivity contribution in [2.24, 2.45) is 4.99 Å². The lowest BCUT2D eigenvalue weighted by atomic mass is 9.97. The number of amides is 1. The van der Waals surface area contributed by atoms with E-state index >= 15 is 0 Å². The normalized spacial score (nSPS) is 13.4. The maximum absolute atomic E-state index is 13.9. The van der Waals surface area contributed by atoms with Gasteiger partial charge < -0.3 is 29.7 Å². The molecular weight excluding hydrogens is 896 g/mol. The molecule has 8 rings (SSSR count). The Labute approximate surface area is 396 Å². The number of phenols is 2. The van der Waals surface area contributed by atoms with Gasteiger partial charge in [0.2, 0.25) is 5.91 Å². The van der Waals surface area contributed by atoms with Gasteiger partial charge in [-0.05, 0) is 117 Å². The molecule has 7 aromatic rings. The van der Waals surface area contributed by atoms with Crippen LogP contribution in [0.25, 0.3) is 25.5 Å². The highest BCUT2D eigenvalue weighted by Crippen LogP contribution is 2.42. The van der Waals surface area contributed by atoms with Crippen molar-refractivity contribution in [3.05, 3.63) is 140 Å². The van der Waals surface area contributed by atoms with Crippen molar-refractivity contribution in [1.29, 1.82) is 0 Å². The molecule has 0 fully saturated rings. The molecule has 4 heterocycles. The molecule has 0 radical (unpaired) electrons. The minimum Gasteiger partial charge on any atom is -0.508 e. The van der Waals surface area contributed by atoms with E-state index in [0.717, 1.165) is 66.8 Å². The van der Waals surface area contributed by atoms with Gasteiger partial charge >= 0.3 is 0 Å². The summed E-state index contributed by atoms with van der Waals surface area (Å²) in [5.41, 5.74) is 5.76. The third-order valence-corrected chi connectivity index (χ3v) is 14.1. The van der Waals surface area contributed by atoms with Crippen LogP contribution in [-0.2, 0) is 14.3 Å². The van der Waals surface area contributed by atoms with Gasteiger partial charge in [-0.2, -0.15) is 0 Å². The van der Waals surface area contributed by atoms with Gasteiger partial charge in [0.1, 0.15) is 40.7 Å². The fourth-order valence-corrected chi connectivity index (χ4v) is 10.4. The van der Waals surface area contributed by atoms with Gasteiger partial charge in [-0.25, -0.2) is 0 Å². The van der Waals surface area contributed by atoms with E-state index in [1.165, 1.54) is 16.2 Å². The maximum atomic E-state index is 13.9. The zero-order chi connectivity index (χ0) is 46.3. The van der Waals surface area contributed by atoms with Crippen LogP contribution in [0.15, 0.2) is 96.0 Å². The standard InChI is InChI=1S/C50H51ClN6O7S2/c1-5-56(22-25-64-39-17-10-34(11-18-39)47(61)45-40-19-16-38(59)28-42(40)66-48(45)35-8-14-37(58)15-9-35)21-24-63-27-26-62-23-20-52-43(60)29-41-49-55-54-32(4)57(49)50-44(30(2)31(3)65-50)46(53-41)33-6-12-36(51)13-7-33/h6-19,28,41,58-59H,5,20-27,29H2,1-4H3,(H,52,60)/t41-/m0/s1. The Kier molecular flexibility index (Phi) is 14.9. The van der Waals surface area contributed by atoms with Crippen molar-refractivity contribution < 1.29 is 34.0 Å². The second kappa shape index (κ2) is 21.1. The summed E-state index contributed by atoms with van der Waals surface area (Å²) in [4.78, 5) is 36.6. The van der Waals surface area contributed by atoms with Crippen molar-refractivity contribution in [1.82, 2.24) is 25.0 Å². The molecule has 0 saturated heterocycles. The quantitative estimate of drug-likeness (QED) is 0.0497. The number of fused-ring (bicyclic) bond motifs is 4. The van der Waals surface area contributed by atoms with Gasteiger partial charge in [0.15, 0.2) is 11.6 Å². The molecule has 1 atom stereocenters. The number of nitrogens with zero attached hydrogens (tertiary/aromatic N) is 5. The molecule has 3 N–H and O–H groups in total. The van der Waals surface area contributed by atoms with Crippen LogP contribution >= 0.6 is 34.3 Å². The number of halogens is 1. The van der Waals surface area contributed by atoms with Crippen LogP contribution in [0.3, 0.4) is 0 Å². The van der Waals surface area contributed by atoms with E-state index in [-0.39, 0.29) is 29.6 Å². The number of aliphatic imine (C=N–C) groups is 1. The first-order valence-electron chi connectivity index (χ1n) is 21.8. The highest BCUT2D eigenvalue weighted by Gasteiger charge is 2.32. The Morgan fingerprint density at radius 1 is 0.818 bits per heavy atom. The largest absolute Gasteiger partial charge is 0.508 e. The molecule has 16 heteroatoms. The van der Waals surface area contributed by atoms with Crippen LogP contribution in [0.1, 0.15) is 68.5 Å². The molecule has 0 aliphatic carbocycles. The minimum atomic E-state index is -0.547. The number of ketones is 1. The first-order valence-corrected chi connectivity index (χ1v) is 23.8. The van der Waals surface area contributed by atoms with Crippen molar-refractivity contribution in [3.63, 3.8) is 0 Å². The number of benzene rings is 4. The Bertz CT molecular complexity index is 2860. The second-order valence-corrected chi connectivity index (χ2v) is 18.5. The summed E-state index contributed by atoms with van der Waals surface area (Å²) in [6.45, 7) is 13.0. The highest BCUT2D eigenvalue weighted by molar-refractivity contribution is 7.22. The fraction of sp³-hybridized carbons (Fsp3) is 0.300. The Hall–Kier alpha value is -5.94. The zero-order valence-corrected chi connectivity index (χ0v) is 39.6. The number of aryl methyl sites for hydroxylation is 2. The van der Waals surface area contributed by atoms with Gasteiger partial charge in [0, 0.05) is 66.8 Å². The summed E-state index contributed by atoms with van der Waals surface area (Å²) in [5.74, 6) is 2.01. The number of carbonyl (C=O) groups is 2. The van der Waals surface area contributed by atoms with Crippen molar-refractivity contribution in [2.45, 2.75) is 40.2 Å². The molecule has 342 valence electrons. The second-order valence-electron chi connectivity index (χ2n) is 15.9. The number of ether oxygens (including phenoxy) is 3. The van der Waals surface area contributed by atoms with E-state index in [4.69, 9.17) is 30.8 Å². The van der Waals surface area contributed by atoms with Gasteiger partial charge in [0.25, 0.3) is 0 Å². The summed E-state index contributed by atoms with van der Waals surface area (Å²) < 4.78 is 20.5. The van der Waals surface area contributed by atoms with Crippen LogP contribution in [0.4, 0.5) is 0 Å². The number of aromatic nitrogens is 3. The van der Waals surface area contributed by atoms with Gasteiger partial charge in [-0.1, -0.05) is 30.7 Å². The molecule has 1 aliphatic heterocycles. The van der Waals surface area contributed by atoms with Crippen LogP contribution in [0, 0.1) is 20.8 Å². The van der Waals surface area contributed by atoms with Crippen LogP contribution in [0.5, 0.6) is 17.2 Å². The van der Waals surface area contributed by atoms with Crippen LogP contribution in [-0.4, -0.2) is 106 Å². The Morgan fingerprint density at radius 3 is 2.26 bits per heavy atom. The number of aromatic hydroxyl groups is 2. The molecule has 4 aromatic carbocycles. The van der Waals surface area contributed by atoms with E-state index < -0.39 is 6.04 Å². The number of phenolic OH excluding ortho intramolecular Hbond substituents is 2. The number of likely N-dealkylation sites (N-methyl/N-ethyl adjacent to an activating group) is 1. The number of hydrogen-bond acceptors (Lipinski definition) is 13. The summed E-state index contributed by atoms with van der Waals surface area (Å²) in [5, 5.41) is 34.2. The average Bonchev–Trinajstić information content (AvgIpc) is 3.95. The smallest absolute Gasteiger partial charge is 0.222 e. The number of thiophene rings is 2. The fourth-order valence-electron chi connectivity index (χ4n) is 7.85. The van der Waals surface area contributed by atoms with Crippen LogP contribution in [0.2, 0.25) is 5.02 Å². The SMILES string of the molecule is CCN(CCOCCOCCNC(=O)C[C@@H]1N=C(c2ccc(Cl)cc2)c2c(sc(C)c2C)-n2c(C)nnc21)CCOc1ccc(C(=O)c2c(-c3ccc(O)cc3)sc3cc(O)ccc23)cc1. The predicted octanol–water partition coefficient (Wildman–Crippen LogP) is 9.26. The van der Waals surface area contributed by atoms with Crippen molar-refractivity contribution in [3.8, 4) is 32.7 Å². The lowest BCUT2D eigenvalue weighted by Gasteiger charge is -2.20. The Morgan fingerprint density at radius 2 is 1.52 bits per heavy atom. The summed E-state index contributed by atoms with van der Waals surface area (Å²) in [6.07, 6.45) is 0.101. The zero-order valence-electron chi connectivity index (χ0n) is 37.2. The number of rotatable bonds is 20. The molecule has 0 unspecified atom stereocenters. The monoisotopic (exact) mass is 946 g/mol. The number of hydrogen-bond donors (Lipinski definition) is 3. The maximum Gasteiger partial charge on any atom is 0.222 e. The van der Waals surface area contributed by atoms with Crippen molar-refractivity contribution >= 4 is 61.8 Å². The topological polar surface area (TPSA) is 161 Å². The summed E-state index contributed by atoms with van der Waals surface area (Å²) in [6, 6.07) is 26.0. The molecule has 1 amide bonds. The van der Waals surface area contributed by atoms with E-state index in [0.29, 0.717) is 73.8 Å². The van der Waals surface area contributed by atoms with E-state index in [9.17, 15) is 19.8 Å². The molecule has 0 bridgehead atoms.